The van der Waals surface area contributed by atoms with Crippen molar-refractivity contribution in [1.82, 2.24) is 0 Å². The Morgan fingerprint density at radius 3 is 2.56 bits per heavy atom. The highest BCUT2D eigenvalue weighted by molar-refractivity contribution is 5.65. The molecule has 4 heteroatoms. The summed E-state index contributed by atoms with van der Waals surface area (Å²) in [6, 6.07) is 5.48. The zero-order valence-electron chi connectivity index (χ0n) is 9.78. The first-order chi connectivity index (χ1) is 7.71. The molecule has 0 radical (unpaired) electrons. The van der Waals surface area contributed by atoms with Crippen LogP contribution >= 0.6 is 0 Å². The molecule has 0 atom stereocenters. The third-order valence-corrected chi connectivity index (χ3v) is 2.13. The largest absolute Gasteiger partial charge is 0.513 e. The average molecular weight is 224 g/mol. The maximum absolute atomic E-state index is 11.0. The molecule has 1 aromatic carbocycles. The number of aryl methyl sites for hydroxylation is 1. The molecule has 0 aliphatic rings. The van der Waals surface area contributed by atoms with Crippen LogP contribution in [0.2, 0.25) is 0 Å². The van der Waals surface area contributed by atoms with Gasteiger partial charge in [0, 0.05) is 0 Å². The summed E-state index contributed by atoms with van der Waals surface area (Å²) in [5.41, 5.74) is 1.15. The standard InChI is InChI=1S/C12H16O4/c1-4-5-9-6-7-10(11(8-9)14-2)16-12(13)15-3/h6-8H,4-5H2,1-3H3. The number of benzene rings is 1. The Labute approximate surface area is 95.1 Å². The number of rotatable bonds is 4. The summed E-state index contributed by atoms with van der Waals surface area (Å²) in [5, 5.41) is 0. The Morgan fingerprint density at radius 2 is 2.00 bits per heavy atom. The summed E-state index contributed by atoms with van der Waals surface area (Å²) in [4.78, 5) is 11.0. The van der Waals surface area contributed by atoms with Crippen molar-refractivity contribution < 1.29 is 19.0 Å². The molecule has 0 unspecified atom stereocenters. The fourth-order valence-electron chi connectivity index (χ4n) is 1.37. The molecular weight excluding hydrogens is 208 g/mol. The van der Waals surface area contributed by atoms with Crippen molar-refractivity contribution in [1.29, 1.82) is 0 Å². The molecule has 0 saturated carbocycles. The smallest absolute Gasteiger partial charge is 0.493 e. The topological polar surface area (TPSA) is 44.8 Å². The first-order valence-corrected chi connectivity index (χ1v) is 5.14. The molecule has 4 nitrogen and oxygen atoms in total. The second-order valence-corrected chi connectivity index (χ2v) is 3.29. The van der Waals surface area contributed by atoms with Gasteiger partial charge in [0.15, 0.2) is 11.5 Å². The Kier molecular flexibility index (Phi) is 4.64. The van der Waals surface area contributed by atoms with E-state index in [1.54, 1.807) is 6.07 Å². The van der Waals surface area contributed by atoms with Crippen LogP contribution in [0.4, 0.5) is 4.79 Å². The highest BCUT2D eigenvalue weighted by atomic mass is 16.7. The van der Waals surface area contributed by atoms with E-state index in [-0.39, 0.29) is 0 Å². The molecule has 0 spiro atoms. The van der Waals surface area contributed by atoms with E-state index in [0.29, 0.717) is 11.5 Å². The summed E-state index contributed by atoms with van der Waals surface area (Å²) < 4.78 is 14.5. The highest BCUT2D eigenvalue weighted by Gasteiger charge is 2.10. The first-order valence-electron chi connectivity index (χ1n) is 5.14. The number of carbonyl (C=O) groups excluding carboxylic acids is 1. The van der Waals surface area contributed by atoms with Crippen molar-refractivity contribution in [2.45, 2.75) is 19.8 Å². The number of ether oxygens (including phenoxy) is 3. The molecule has 0 amide bonds. The Morgan fingerprint density at radius 1 is 1.25 bits per heavy atom. The summed E-state index contributed by atoms with van der Waals surface area (Å²) in [6.45, 7) is 2.10. The molecule has 0 heterocycles. The minimum Gasteiger partial charge on any atom is -0.493 e. The average Bonchev–Trinajstić information content (AvgIpc) is 2.31. The number of methoxy groups -OCH3 is 2. The van der Waals surface area contributed by atoms with Gasteiger partial charge in [0.05, 0.1) is 14.2 Å². The molecule has 0 bridgehead atoms. The van der Waals surface area contributed by atoms with Crippen molar-refractivity contribution in [3.63, 3.8) is 0 Å². The molecule has 16 heavy (non-hydrogen) atoms. The van der Waals surface area contributed by atoms with Gasteiger partial charge in [-0.3, -0.25) is 0 Å². The van der Waals surface area contributed by atoms with E-state index >= 15 is 0 Å². The van der Waals surface area contributed by atoms with Gasteiger partial charge >= 0.3 is 6.16 Å². The van der Waals surface area contributed by atoms with Crippen molar-refractivity contribution in [3.05, 3.63) is 23.8 Å². The van der Waals surface area contributed by atoms with E-state index < -0.39 is 6.16 Å². The second-order valence-electron chi connectivity index (χ2n) is 3.29. The summed E-state index contributed by atoms with van der Waals surface area (Å²) >= 11 is 0. The van der Waals surface area contributed by atoms with Crippen LogP contribution in [0.25, 0.3) is 0 Å². The summed E-state index contributed by atoms with van der Waals surface area (Å²) in [5.74, 6) is 0.908. The highest BCUT2D eigenvalue weighted by Crippen LogP contribution is 2.28. The molecule has 0 aliphatic carbocycles. The minimum absolute atomic E-state index is 0.370. The lowest BCUT2D eigenvalue weighted by Gasteiger charge is -2.09. The predicted molar refractivity (Wildman–Crippen MR) is 60.0 cm³/mol. The van der Waals surface area contributed by atoms with Gasteiger partial charge in [0.25, 0.3) is 0 Å². The lowest BCUT2D eigenvalue weighted by molar-refractivity contribution is 0.120. The van der Waals surface area contributed by atoms with Crippen LogP contribution in [0, 0.1) is 0 Å². The van der Waals surface area contributed by atoms with Gasteiger partial charge in [-0.25, -0.2) is 4.79 Å². The maximum Gasteiger partial charge on any atom is 0.513 e. The van der Waals surface area contributed by atoms with Crippen molar-refractivity contribution in [3.8, 4) is 11.5 Å². The molecule has 0 aliphatic heterocycles. The third-order valence-electron chi connectivity index (χ3n) is 2.13. The van der Waals surface area contributed by atoms with Gasteiger partial charge in [-0.05, 0) is 24.1 Å². The second kappa shape index (κ2) is 6.00. The van der Waals surface area contributed by atoms with E-state index in [9.17, 15) is 4.79 Å². The SMILES string of the molecule is CCCc1ccc(OC(=O)OC)c(OC)c1. The quantitative estimate of drug-likeness (QED) is 0.582. The van der Waals surface area contributed by atoms with Gasteiger partial charge in [-0.2, -0.15) is 0 Å². The summed E-state index contributed by atoms with van der Waals surface area (Å²) in [6.07, 6.45) is 1.27. The molecule has 0 aromatic heterocycles. The Balaban J connectivity index is 2.88. The minimum atomic E-state index is -0.749. The van der Waals surface area contributed by atoms with E-state index in [1.165, 1.54) is 14.2 Å². The van der Waals surface area contributed by atoms with Gasteiger partial charge < -0.3 is 14.2 Å². The van der Waals surface area contributed by atoms with Crippen LogP contribution < -0.4 is 9.47 Å². The van der Waals surface area contributed by atoms with E-state index in [4.69, 9.17) is 9.47 Å². The molecule has 1 aromatic rings. The fourth-order valence-corrected chi connectivity index (χ4v) is 1.37. The van der Waals surface area contributed by atoms with Gasteiger partial charge in [-0.15, -0.1) is 0 Å². The molecule has 0 fully saturated rings. The number of carbonyl (C=O) groups is 1. The molecule has 88 valence electrons. The zero-order valence-corrected chi connectivity index (χ0v) is 9.78. The number of hydrogen-bond acceptors (Lipinski definition) is 4. The van der Waals surface area contributed by atoms with Crippen LogP contribution in [0.3, 0.4) is 0 Å². The maximum atomic E-state index is 11.0. The first kappa shape index (κ1) is 12.4. The lowest BCUT2D eigenvalue weighted by Crippen LogP contribution is -2.08. The van der Waals surface area contributed by atoms with Crippen LogP contribution in [0.1, 0.15) is 18.9 Å². The van der Waals surface area contributed by atoms with Gasteiger partial charge in [0.2, 0.25) is 0 Å². The van der Waals surface area contributed by atoms with Crippen LogP contribution in [0.5, 0.6) is 11.5 Å². The van der Waals surface area contributed by atoms with E-state index in [2.05, 4.69) is 11.7 Å². The normalized spacial score (nSPS) is 9.69. The molecular formula is C12H16O4. The Bertz CT molecular complexity index is 360. The van der Waals surface area contributed by atoms with Crippen LogP contribution in [-0.2, 0) is 11.2 Å². The Hall–Kier alpha value is -1.71. The predicted octanol–water partition coefficient (Wildman–Crippen LogP) is 2.79. The third kappa shape index (κ3) is 3.15. The number of hydrogen-bond donors (Lipinski definition) is 0. The molecule has 0 saturated heterocycles. The van der Waals surface area contributed by atoms with E-state index in [1.807, 2.05) is 12.1 Å². The van der Waals surface area contributed by atoms with E-state index in [0.717, 1.165) is 18.4 Å². The monoisotopic (exact) mass is 224 g/mol. The van der Waals surface area contributed by atoms with Crippen molar-refractivity contribution >= 4 is 6.16 Å². The fraction of sp³-hybridized carbons (Fsp3) is 0.417. The molecule has 0 N–H and O–H groups in total. The zero-order chi connectivity index (χ0) is 12.0. The van der Waals surface area contributed by atoms with Crippen LogP contribution in [0.15, 0.2) is 18.2 Å². The van der Waals surface area contributed by atoms with Gasteiger partial charge in [0.1, 0.15) is 0 Å². The van der Waals surface area contributed by atoms with Crippen molar-refractivity contribution in [2.24, 2.45) is 0 Å². The summed E-state index contributed by atoms with van der Waals surface area (Å²) in [7, 11) is 2.80. The van der Waals surface area contributed by atoms with Gasteiger partial charge in [-0.1, -0.05) is 19.4 Å². The van der Waals surface area contributed by atoms with Crippen LogP contribution in [-0.4, -0.2) is 20.4 Å². The molecule has 1 rings (SSSR count). The van der Waals surface area contributed by atoms with Crippen molar-refractivity contribution in [2.75, 3.05) is 14.2 Å². The lowest BCUT2D eigenvalue weighted by atomic mass is 10.1.